The Hall–Kier alpha value is -2.00. The molecule has 0 saturated carbocycles. The molecular formula is C22H37N4O4Si. The van der Waals surface area contributed by atoms with Crippen LogP contribution in [-0.2, 0) is 4.74 Å². The van der Waals surface area contributed by atoms with Gasteiger partial charge in [0.25, 0.3) is 0 Å². The number of nitrogens with zero attached hydrogens (tertiary/aromatic N) is 3. The predicted molar refractivity (Wildman–Crippen MR) is 125 cm³/mol. The quantitative estimate of drug-likeness (QED) is 0.483. The number of anilines is 1. The normalized spacial score (nSPS) is 20.0. The van der Waals surface area contributed by atoms with E-state index in [1.165, 1.54) is 6.20 Å². The molecule has 1 amide bonds. The molecular weight excluding hydrogens is 412 g/mol. The van der Waals surface area contributed by atoms with Crippen LogP contribution in [0.5, 0.6) is 0 Å². The number of ether oxygens (including phenoxy) is 1. The first-order chi connectivity index (χ1) is 14.3. The highest BCUT2D eigenvalue weighted by atomic mass is 28.3. The second-order valence-corrected chi connectivity index (χ2v) is 13.4. The van der Waals surface area contributed by atoms with E-state index in [9.17, 15) is 14.5 Å². The minimum absolute atomic E-state index is 0.0799. The number of hydrogen-bond acceptors (Lipinski definition) is 7. The van der Waals surface area contributed by atoms with Crippen LogP contribution < -0.4 is 10.2 Å². The Morgan fingerprint density at radius 2 is 1.97 bits per heavy atom. The minimum Gasteiger partial charge on any atom is -0.444 e. The van der Waals surface area contributed by atoms with Crippen molar-refractivity contribution in [2.75, 3.05) is 18.0 Å². The molecule has 2 rings (SSSR count). The second-order valence-electron chi connectivity index (χ2n) is 10.5. The maximum Gasteiger partial charge on any atom is 0.407 e. The van der Waals surface area contributed by atoms with Gasteiger partial charge in [-0.1, -0.05) is 20.8 Å². The summed E-state index contributed by atoms with van der Waals surface area (Å²) in [6.45, 7) is 14.9. The zero-order valence-electron chi connectivity index (χ0n) is 19.9. The number of nitroso groups, excluding NO2 is 1. The van der Waals surface area contributed by atoms with Gasteiger partial charge in [-0.25, -0.2) is 4.79 Å². The molecule has 1 aromatic rings. The Labute approximate surface area is 187 Å². The lowest BCUT2D eigenvalue weighted by molar-refractivity contribution is 0.0493. The van der Waals surface area contributed by atoms with Crippen molar-refractivity contribution in [3.05, 3.63) is 22.9 Å². The van der Waals surface area contributed by atoms with E-state index in [1.54, 1.807) is 6.20 Å². The maximum absolute atomic E-state index is 12.4. The molecule has 0 bridgehead atoms. The van der Waals surface area contributed by atoms with Crippen LogP contribution in [0.15, 0.2) is 17.6 Å². The SMILES string of the molecule is Cc1cncc(N=O)c1N1C[C@H](CC[Si](O)C(C)(C)C)C[C@H](NC(=O)OC(C)(C)C)C1. The van der Waals surface area contributed by atoms with Crippen LogP contribution in [-0.4, -0.2) is 49.6 Å². The summed E-state index contributed by atoms with van der Waals surface area (Å²) in [5.41, 5.74) is 1.36. The summed E-state index contributed by atoms with van der Waals surface area (Å²) in [5, 5.41) is 6.09. The van der Waals surface area contributed by atoms with Gasteiger partial charge in [-0.05, 0) is 68.3 Å². The number of amides is 1. The van der Waals surface area contributed by atoms with Crippen molar-refractivity contribution >= 4 is 26.5 Å². The summed E-state index contributed by atoms with van der Waals surface area (Å²) in [4.78, 5) is 40.6. The molecule has 1 aliphatic heterocycles. The summed E-state index contributed by atoms with van der Waals surface area (Å²) in [7, 11) is -1.48. The lowest BCUT2D eigenvalue weighted by Gasteiger charge is -2.40. The van der Waals surface area contributed by atoms with Crippen LogP contribution in [0.4, 0.5) is 16.2 Å². The number of rotatable bonds is 6. The Kier molecular flexibility index (Phi) is 8.21. The Bertz CT molecular complexity index is 776. The van der Waals surface area contributed by atoms with E-state index in [4.69, 9.17) is 4.74 Å². The van der Waals surface area contributed by atoms with Gasteiger partial charge >= 0.3 is 6.09 Å². The summed E-state index contributed by atoms with van der Waals surface area (Å²) in [6.07, 6.45) is 4.41. The number of alkyl carbamates (subject to hydrolysis) is 1. The number of nitrogens with one attached hydrogen (secondary N) is 1. The first kappa shape index (κ1) is 25.3. The molecule has 0 spiro atoms. The van der Waals surface area contributed by atoms with E-state index < -0.39 is 20.7 Å². The average molecular weight is 450 g/mol. The van der Waals surface area contributed by atoms with Gasteiger partial charge in [0.2, 0.25) is 9.04 Å². The minimum atomic E-state index is -1.48. The second kappa shape index (κ2) is 10.1. The number of pyridine rings is 1. The largest absolute Gasteiger partial charge is 0.444 e. The predicted octanol–water partition coefficient (Wildman–Crippen LogP) is 4.68. The van der Waals surface area contributed by atoms with Crippen LogP contribution in [0.25, 0.3) is 0 Å². The molecule has 1 radical (unpaired) electrons. The van der Waals surface area contributed by atoms with Crippen molar-refractivity contribution in [2.45, 2.75) is 84.0 Å². The number of carbonyl (C=O) groups is 1. The van der Waals surface area contributed by atoms with Crippen molar-refractivity contribution in [3.63, 3.8) is 0 Å². The first-order valence-electron chi connectivity index (χ1n) is 10.9. The lowest BCUT2D eigenvalue weighted by atomic mass is 9.91. The van der Waals surface area contributed by atoms with Gasteiger partial charge in [0, 0.05) is 19.3 Å². The number of aromatic nitrogens is 1. The fourth-order valence-electron chi connectivity index (χ4n) is 3.91. The molecule has 0 unspecified atom stereocenters. The summed E-state index contributed by atoms with van der Waals surface area (Å²) in [6, 6.07) is 0.643. The van der Waals surface area contributed by atoms with Crippen molar-refractivity contribution in [1.82, 2.24) is 10.3 Å². The van der Waals surface area contributed by atoms with Crippen LogP contribution in [0.3, 0.4) is 0 Å². The van der Waals surface area contributed by atoms with Gasteiger partial charge in [-0.15, -0.1) is 4.91 Å². The summed E-state index contributed by atoms with van der Waals surface area (Å²) < 4.78 is 5.45. The van der Waals surface area contributed by atoms with E-state index in [0.29, 0.717) is 12.2 Å². The number of carbonyl (C=O) groups excluding carboxylic acids is 1. The molecule has 2 heterocycles. The standard InChI is InChI=1S/C22H37N4O4Si/c1-15-11-23-12-18(25-28)19(15)26-13-16(8-9-31(29)22(5,6)7)10-17(14-26)24-20(27)30-21(2,3)4/h11-12,16-17,29H,8-10,13-14H2,1-7H3,(H,24,27)/t16-,17+/m1/s1. The Morgan fingerprint density at radius 3 is 2.55 bits per heavy atom. The van der Waals surface area contributed by atoms with Crippen LogP contribution in [0, 0.1) is 17.7 Å². The van der Waals surface area contributed by atoms with Crippen LogP contribution in [0.1, 0.15) is 59.9 Å². The highest BCUT2D eigenvalue weighted by molar-refractivity contribution is 6.53. The van der Waals surface area contributed by atoms with E-state index in [-0.39, 0.29) is 17.0 Å². The van der Waals surface area contributed by atoms with Crippen molar-refractivity contribution in [3.8, 4) is 0 Å². The Balaban J connectivity index is 2.21. The van der Waals surface area contributed by atoms with Gasteiger partial charge in [-0.2, -0.15) is 0 Å². The zero-order chi connectivity index (χ0) is 23.4. The third kappa shape index (κ3) is 7.57. The highest BCUT2D eigenvalue weighted by Gasteiger charge is 2.33. The molecule has 8 nitrogen and oxygen atoms in total. The van der Waals surface area contributed by atoms with Gasteiger partial charge in [-0.3, -0.25) is 4.98 Å². The first-order valence-corrected chi connectivity index (χ1v) is 12.5. The van der Waals surface area contributed by atoms with Gasteiger partial charge in [0.05, 0.1) is 17.9 Å². The molecule has 31 heavy (non-hydrogen) atoms. The Morgan fingerprint density at radius 1 is 1.29 bits per heavy atom. The molecule has 2 atom stereocenters. The number of aryl methyl sites for hydroxylation is 1. The van der Waals surface area contributed by atoms with Crippen LogP contribution in [0.2, 0.25) is 11.1 Å². The molecule has 173 valence electrons. The smallest absolute Gasteiger partial charge is 0.407 e. The molecule has 0 aromatic carbocycles. The molecule has 0 aliphatic carbocycles. The van der Waals surface area contributed by atoms with E-state index in [2.05, 4.69) is 41.1 Å². The number of hydrogen-bond donors (Lipinski definition) is 2. The average Bonchev–Trinajstić information content (AvgIpc) is 2.63. The maximum atomic E-state index is 12.4. The third-order valence-electron chi connectivity index (χ3n) is 5.41. The van der Waals surface area contributed by atoms with E-state index in [1.807, 2.05) is 27.7 Å². The lowest BCUT2D eigenvalue weighted by Crippen LogP contribution is -2.52. The number of piperidine rings is 1. The summed E-state index contributed by atoms with van der Waals surface area (Å²) >= 11 is 0. The van der Waals surface area contributed by atoms with Gasteiger partial charge in [0.1, 0.15) is 11.3 Å². The monoisotopic (exact) mass is 449 g/mol. The zero-order valence-corrected chi connectivity index (χ0v) is 20.9. The third-order valence-corrected chi connectivity index (χ3v) is 7.90. The highest BCUT2D eigenvalue weighted by Crippen LogP contribution is 2.36. The fourth-order valence-corrected chi connectivity index (χ4v) is 5.34. The van der Waals surface area contributed by atoms with Crippen molar-refractivity contribution in [1.29, 1.82) is 0 Å². The molecule has 9 heteroatoms. The fraction of sp³-hybridized carbons (Fsp3) is 0.727. The van der Waals surface area contributed by atoms with E-state index in [0.717, 1.165) is 36.7 Å². The molecule has 2 N–H and O–H groups in total. The van der Waals surface area contributed by atoms with Gasteiger partial charge in [0.15, 0.2) is 0 Å². The van der Waals surface area contributed by atoms with E-state index >= 15 is 0 Å². The summed E-state index contributed by atoms with van der Waals surface area (Å²) in [5.74, 6) is 0.259. The molecule has 1 saturated heterocycles. The van der Waals surface area contributed by atoms with Crippen LogP contribution >= 0.6 is 0 Å². The topological polar surface area (TPSA) is 104 Å². The molecule has 1 aromatic heterocycles. The molecule has 1 aliphatic rings. The molecule has 1 fully saturated rings. The van der Waals surface area contributed by atoms with Crippen molar-refractivity contribution < 1.29 is 14.3 Å². The van der Waals surface area contributed by atoms with Gasteiger partial charge < -0.3 is 19.7 Å². The van der Waals surface area contributed by atoms with Crippen molar-refractivity contribution in [2.24, 2.45) is 11.1 Å².